The summed E-state index contributed by atoms with van der Waals surface area (Å²) in [6.45, 7) is 2.79. The first-order valence-corrected chi connectivity index (χ1v) is 8.66. The van der Waals surface area contributed by atoms with Crippen LogP contribution in [0.15, 0.2) is 40.9 Å². The van der Waals surface area contributed by atoms with E-state index in [2.05, 4.69) is 10.1 Å². The molecule has 0 N–H and O–H groups in total. The molecule has 25 heavy (non-hydrogen) atoms. The Morgan fingerprint density at radius 2 is 2.20 bits per heavy atom. The minimum Gasteiger partial charge on any atom is -0.469 e. The number of hydrogen-bond acceptors (Lipinski definition) is 6. The highest BCUT2D eigenvalue weighted by molar-refractivity contribution is 5.69. The first-order valence-electron chi connectivity index (χ1n) is 8.66. The molecule has 2 aromatic rings. The number of nitrogens with zero attached hydrogens (tertiary/aromatic N) is 2. The fourth-order valence-corrected chi connectivity index (χ4v) is 3.02. The molecule has 0 aliphatic carbocycles. The Hall–Kier alpha value is -2.18. The molecule has 6 heteroatoms. The van der Waals surface area contributed by atoms with Crippen molar-refractivity contribution >= 4 is 5.97 Å². The van der Waals surface area contributed by atoms with E-state index in [1.807, 2.05) is 36.4 Å². The summed E-state index contributed by atoms with van der Waals surface area (Å²) in [7, 11) is 1.41. The molecule has 6 nitrogen and oxygen atoms in total. The second kappa shape index (κ2) is 8.78. The SMILES string of the molecule is COC(=O)CCN(Cc1cc(-c2ccccc2)no1)CC1CCCO1. The number of rotatable bonds is 8. The summed E-state index contributed by atoms with van der Waals surface area (Å²) in [4.78, 5) is 13.6. The van der Waals surface area contributed by atoms with Crippen molar-refractivity contribution in [1.82, 2.24) is 10.1 Å². The molecule has 1 atom stereocenters. The summed E-state index contributed by atoms with van der Waals surface area (Å²) in [5, 5.41) is 4.16. The van der Waals surface area contributed by atoms with E-state index in [4.69, 9.17) is 14.0 Å². The zero-order valence-electron chi connectivity index (χ0n) is 14.5. The first kappa shape index (κ1) is 17.6. The first-order chi connectivity index (χ1) is 12.2. The normalized spacial score (nSPS) is 17.1. The molecule has 2 heterocycles. The van der Waals surface area contributed by atoms with Crippen molar-refractivity contribution in [3.8, 4) is 11.3 Å². The average Bonchev–Trinajstić information content (AvgIpc) is 3.32. The van der Waals surface area contributed by atoms with E-state index in [1.54, 1.807) is 0 Å². The number of ether oxygens (including phenoxy) is 2. The van der Waals surface area contributed by atoms with Crippen LogP contribution in [0.3, 0.4) is 0 Å². The van der Waals surface area contributed by atoms with Crippen molar-refractivity contribution in [2.45, 2.75) is 31.9 Å². The van der Waals surface area contributed by atoms with Gasteiger partial charge in [-0.25, -0.2) is 0 Å². The highest BCUT2D eigenvalue weighted by atomic mass is 16.5. The van der Waals surface area contributed by atoms with Crippen molar-refractivity contribution in [3.63, 3.8) is 0 Å². The lowest BCUT2D eigenvalue weighted by atomic mass is 10.1. The molecule has 0 bridgehead atoms. The Morgan fingerprint density at radius 1 is 1.36 bits per heavy atom. The predicted octanol–water partition coefficient (Wildman–Crippen LogP) is 2.89. The Kier molecular flexibility index (Phi) is 6.19. The summed E-state index contributed by atoms with van der Waals surface area (Å²) >= 11 is 0. The Balaban J connectivity index is 1.64. The van der Waals surface area contributed by atoms with Crippen LogP contribution in [0.25, 0.3) is 11.3 Å². The number of methoxy groups -OCH3 is 1. The number of carbonyl (C=O) groups is 1. The van der Waals surface area contributed by atoms with E-state index in [-0.39, 0.29) is 12.1 Å². The average molecular weight is 344 g/mol. The highest BCUT2D eigenvalue weighted by Gasteiger charge is 2.21. The Bertz CT molecular complexity index is 665. The third-order valence-corrected chi connectivity index (χ3v) is 4.35. The van der Waals surface area contributed by atoms with Crippen LogP contribution in [0.5, 0.6) is 0 Å². The van der Waals surface area contributed by atoms with Gasteiger partial charge in [-0.15, -0.1) is 0 Å². The summed E-state index contributed by atoms with van der Waals surface area (Å²) in [5.41, 5.74) is 1.85. The van der Waals surface area contributed by atoms with Crippen molar-refractivity contribution in [2.75, 3.05) is 26.8 Å². The van der Waals surface area contributed by atoms with Crippen LogP contribution >= 0.6 is 0 Å². The van der Waals surface area contributed by atoms with E-state index in [9.17, 15) is 4.79 Å². The fraction of sp³-hybridized carbons (Fsp3) is 0.474. The van der Waals surface area contributed by atoms with Gasteiger partial charge in [0.15, 0.2) is 5.76 Å². The van der Waals surface area contributed by atoms with Gasteiger partial charge in [-0.05, 0) is 12.8 Å². The minimum atomic E-state index is -0.208. The zero-order chi connectivity index (χ0) is 17.5. The Labute approximate surface area is 147 Å². The third-order valence-electron chi connectivity index (χ3n) is 4.35. The number of benzene rings is 1. The molecule has 1 aromatic heterocycles. The van der Waals surface area contributed by atoms with E-state index >= 15 is 0 Å². The maximum Gasteiger partial charge on any atom is 0.306 e. The summed E-state index contributed by atoms with van der Waals surface area (Å²) in [5.74, 6) is 0.571. The van der Waals surface area contributed by atoms with Crippen LogP contribution in [0.2, 0.25) is 0 Å². The number of esters is 1. The lowest BCUT2D eigenvalue weighted by molar-refractivity contribution is -0.141. The van der Waals surface area contributed by atoms with Gasteiger partial charge in [-0.2, -0.15) is 0 Å². The van der Waals surface area contributed by atoms with Crippen LogP contribution in [0.4, 0.5) is 0 Å². The van der Waals surface area contributed by atoms with E-state index in [0.29, 0.717) is 19.5 Å². The smallest absolute Gasteiger partial charge is 0.306 e. The lowest BCUT2D eigenvalue weighted by Gasteiger charge is -2.23. The maximum atomic E-state index is 11.5. The number of carbonyl (C=O) groups excluding carboxylic acids is 1. The van der Waals surface area contributed by atoms with Gasteiger partial charge in [0.05, 0.1) is 26.2 Å². The fourth-order valence-electron chi connectivity index (χ4n) is 3.02. The van der Waals surface area contributed by atoms with E-state index in [1.165, 1.54) is 7.11 Å². The van der Waals surface area contributed by atoms with Crippen LogP contribution in [0, 0.1) is 0 Å². The summed E-state index contributed by atoms with van der Waals surface area (Å²) in [6, 6.07) is 11.9. The second-order valence-corrected chi connectivity index (χ2v) is 6.24. The van der Waals surface area contributed by atoms with Gasteiger partial charge in [0.2, 0.25) is 0 Å². The molecule has 1 aromatic carbocycles. The van der Waals surface area contributed by atoms with Crippen LogP contribution in [0.1, 0.15) is 25.0 Å². The molecule has 1 saturated heterocycles. The minimum absolute atomic E-state index is 0.208. The van der Waals surface area contributed by atoms with Gasteiger partial charge in [0.25, 0.3) is 0 Å². The Morgan fingerprint density at radius 3 is 2.92 bits per heavy atom. The topological polar surface area (TPSA) is 64.8 Å². The second-order valence-electron chi connectivity index (χ2n) is 6.24. The third kappa shape index (κ3) is 5.14. The highest BCUT2D eigenvalue weighted by Crippen LogP contribution is 2.20. The predicted molar refractivity (Wildman–Crippen MR) is 92.8 cm³/mol. The van der Waals surface area contributed by atoms with Crippen LogP contribution in [-0.2, 0) is 20.8 Å². The van der Waals surface area contributed by atoms with Crippen LogP contribution in [-0.4, -0.2) is 48.9 Å². The molecule has 0 radical (unpaired) electrons. The quantitative estimate of drug-likeness (QED) is 0.686. The van der Waals surface area contributed by atoms with Gasteiger partial charge < -0.3 is 14.0 Å². The monoisotopic (exact) mass is 344 g/mol. The van der Waals surface area contributed by atoms with Crippen molar-refractivity contribution in [1.29, 1.82) is 0 Å². The summed E-state index contributed by atoms with van der Waals surface area (Å²) < 4.78 is 16.0. The molecule has 3 rings (SSSR count). The lowest BCUT2D eigenvalue weighted by Crippen LogP contribution is -2.33. The van der Waals surface area contributed by atoms with Crippen LogP contribution < -0.4 is 0 Å². The molecule has 1 fully saturated rings. The standard InChI is InChI=1S/C19H24N2O4/c1-23-19(22)9-10-21(13-16-8-5-11-24-16)14-17-12-18(20-25-17)15-6-3-2-4-7-15/h2-4,6-7,12,16H,5,8-11,13-14H2,1H3. The molecule has 0 spiro atoms. The van der Waals surface area contributed by atoms with Gasteiger partial charge in [-0.3, -0.25) is 9.69 Å². The number of hydrogen-bond donors (Lipinski definition) is 0. The van der Waals surface area contributed by atoms with Gasteiger partial charge in [0.1, 0.15) is 5.69 Å². The molecule has 0 amide bonds. The molecule has 1 aliphatic rings. The van der Waals surface area contributed by atoms with Crippen molar-refractivity contribution < 1.29 is 18.8 Å². The molecule has 1 unspecified atom stereocenters. The van der Waals surface area contributed by atoms with Gasteiger partial charge >= 0.3 is 5.97 Å². The van der Waals surface area contributed by atoms with Gasteiger partial charge in [0, 0.05) is 31.3 Å². The largest absolute Gasteiger partial charge is 0.469 e. The van der Waals surface area contributed by atoms with Crippen molar-refractivity contribution in [3.05, 3.63) is 42.2 Å². The number of aromatic nitrogens is 1. The van der Waals surface area contributed by atoms with E-state index in [0.717, 1.165) is 43.0 Å². The molecule has 1 aliphatic heterocycles. The zero-order valence-corrected chi connectivity index (χ0v) is 14.5. The molecule has 0 saturated carbocycles. The summed E-state index contributed by atoms with van der Waals surface area (Å²) in [6.07, 6.45) is 2.72. The molecular formula is C19H24N2O4. The maximum absolute atomic E-state index is 11.5. The van der Waals surface area contributed by atoms with Crippen molar-refractivity contribution in [2.24, 2.45) is 0 Å². The molecular weight excluding hydrogens is 320 g/mol. The van der Waals surface area contributed by atoms with Gasteiger partial charge in [-0.1, -0.05) is 35.5 Å². The van der Waals surface area contributed by atoms with E-state index < -0.39 is 0 Å². The molecule has 134 valence electrons.